The van der Waals surface area contributed by atoms with Crippen molar-refractivity contribution in [3.8, 4) is 5.75 Å². The lowest BCUT2D eigenvalue weighted by atomic mass is 10.2. The summed E-state index contributed by atoms with van der Waals surface area (Å²) < 4.78 is 11.2. The first-order valence-electron chi connectivity index (χ1n) is 7.32. The van der Waals surface area contributed by atoms with Crippen LogP contribution in [-0.4, -0.2) is 43.3 Å². The molecule has 0 bridgehead atoms. The lowest BCUT2D eigenvalue weighted by molar-refractivity contribution is 0.121. The average Bonchev–Trinajstić information content (AvgIpc) is 3.20. The van der Waals surface area contributed by atoms with Gasteiger partial charge in [-0.05, 0) is 25.1 Å². The minimum Gasteiger partial charge on any atom is -0.437 e. The maximum absolute atomic E-state index is 11.4. The van der Waals surface area contributed by atoms with E-state index in [1.165, 1.54) is 13.4 Å². The highest BCUT2D eigenvalue weighted by Gasteiger charge is 2.16. The molecule has 0 aliphatic rings. The molecule has 0 spiro atoms. The van der Waals surface area contributed by atoms with Crippen molar-refractivity contribution in [3.05, 3.63) is 36.3 Å². The molecule has 10 heteroatoms. The smallest absolute Gasteiger partial charge is 0.437 e. The maximum atomic E-state index is 11.4. The summed E-state index contributed by atoms with van der Waals surface area (Å²) in [5, 5.41) is 18.0. The van der Waals surface area contributed by atoms with Gasteiger partial charge in [-0.2, -0.15) is 20.5 Å². The molecule has 0 amide bonds. The zero-order valence-corrected chi connectivity index (χ0v) is 13.3. The molecule has 4 rings (SSSR count). The number of nitrogens with one attached hydrogen (secondary N) is 2. The van der Waals surface area contributed by atoms with Crippen molar-refractivity contribution in [1.82, 2.24) is 30.0 Å². The van der Waals surface area contributed by atoms with Crippen molar-refractivity contribution in [2.24, 2.45) is 0 Å². The molecule has 126 valence electrons. The number of hydrogen-bond acceptors (Lipinski definition) is 8. The molecule has 3 aromatic heterocycles. The number of aromatic amines is 1. The molecule has 1 aromatic carbocycles. The van der Waals surface area contributed by atoms with Crippen molar-refractivity contribution in [2.75, 3.05) is 12.4 Å². The minimum absolute atomic E-state index is 0.349. The van der Waals surface area contributed by atoms with Crippen LogP contribution in [-0.2, 0) is 4.74 Å². The summed E-state index contributed by atoms with van der Waals surface area (Å²) in [7, 11) is 1.25. The SMILES string of the molecule is COC(=O)Oc1cn2ncnc(Nc3ccc4n[nH]nc4c3)c2c1C. The van der Waals surface area contributed by atoms with Gasteiger partial charge in [0.15, 0.2) is 11.6 Å². The molecule has 0 saturated heterocycles. The van der Waals surface area contributed by atoms with Crippen molar-refractivity contribution < 1.29 is 14.3 Å². The van der Waals surface area contributed by atoms with Gasteiger partial charge in [0.2, 0.25) is 0 Å². The number of ether oxygens (including phenoxy) is 2. The van der Waals surface area contributed by atoms with E-state index in [9.17, 15) is 4.79 Å². The van der Waals surface area contributed by atoms with E-state index < -0.39 is 6.16 Å². The van der Waals surface area contributed by atoms with Crippen molar-refractivity contribution in [1.29, 1.82) is 0 Å². The van der Waals surface area contributed by atoms with E-state index in [1.54, 1.807) is 10.7 Å². The lowest BCUT2D eigenvalue weighted by Gasteiger charge is -2.07. The van der Waals surface area contributed by atoms with Crippen LogP contribution < -0.4 is 10.1 Å². The Bertz CT molecular complexity index is 1090. The molecular formula is C15H13N7O3. The highest BCUT2D eigenvalue weighted by molar-refractivity contribution is 5.83. The summed E-state index contributed by atoms with van der Waals surface area (Å²) in [5.41, 5.74) is 3.68. The number of anilines is 2. The monoisotopic (exact) mass is 339 g/mol. The number of carbonyl (C=O) groups excluding carboxylic acids is 1. The molecule has 0 atom stereocenters. The van der Waals surface area contributed by atoms with Gasteiger partial charge in [-0.1, -0.05) is 0 Å². The predicted molar refractivity (Wildman–Crippen MR) is 87.9 cm³/mol. The third-order valence-corrected chi connectivity index (χ3v) is 3.72. The Labute approximate surface area is 140 Å². The fourth-order valence-electron chi connectivity index (χ4n) is 2.52. The van der Waals surface area contributed by atoms with Gasteiger partial charge in [0.05, 0.1) is 13.3 Å². The standard InChI is InChI=1S/C15H13N7O3/c1-8-12(25-15(23)24-2)6-22-13(8)14(16-7-17-22)18-9-3-4-10-11(5-9)20-21-19-10/h3-7H,1-2H3,(H,16,17,18)(H,19,20,21). The predicted octanol–water partition coefficient (Wildman–Crippen LogP) is 2.20. The first kappa shape index (κ1) is 14.9. The number of rotatable bonds is 3. The van der Waals surface area contributed by atoms with Crippen molar-refractivity contribution >= 4 is 34.2 Å². The number of fused-ring (bicyclic) bond motifs is 2. The molecule has 0 unspecified atom stereocenters. The fraction of sp³-hybridized carbons (Fsp3) is 0.133. The number of aromatic nitrogens is 6. The summed E-state index contributed by atoms with van der Waals surface area (Å²) >= 11 is 0. The number of nitrogens with zero attached hydrogens (tertiary/aromatic N) is 5. The Morgan fingerprint density at radius 2 is 2.12 bits per heavy atom. The van der Waals surface area contributed by atoms with Gasteiger partial charge in [-0.25, -0.2) is 14.3 Å². The van der Waals surface area contributed by atoms with E-state index in [1.807, 2.05) is 25.1 Å². The molecule has 2 N–H and O–H groups in total. The van der Waals surface area contributed by atoms with Gasteiger partial charge >= 0.3 is 6.16 Å². The number of H-pyrrole nitrogens is 1. The number of hydrogen-bond donors (Lipinski definition) is 2. The van der Waals surface area contributed by atoms with Gasteiger partial charge in [0.25, 0.3) is 0 Å². The maximum Gasteiger partial charge on any atom is 0.513 e. The summed E-state index contributed by atoms with van der Waals surface area (Å²) in [6, 6.07) is 5.56. The largest absolute Gasteiger partial charge is 0.513 e. The molecular weight excluding hydrogens is 326 g/mol. The number of methoxy groups -OCH3 is 1. The lowest BCUT2D eigenvalue weighted by Crippen LogP contribution is -2.07. The topological polar surface area (TPSA) is 119 Å². The highest BCUT2D eigenvalue weighted by atomic mass is 16.7. The molecule has 25 heavy (non-hydrogen) atoms. The van der Waals surface area contributed by atoms with Crippen LogP contribution in [0.4, 0.5) is 16.3 Å². The van der Waals surface area contributed by atoms with Crippen LogP contribution in [0.5, 0.6) is 5.75 Å². The average molecular weight is 339 g/mol. The normalized spacial score (nSPS) is 11.0. The van der Waals surface area contributed by atoms with Crippen molar-refractivity contribution in [3.63, 3.8) is 0 Å². The highest BCUT2D eigenvalue weighted by Crippen LogP contribution is 2.30. The molecule has 3 heterocycles. The third kappa shape index (κ3) is 2.59. The number of benzene rings is 1. The molecule has 0 aliphatic carbocycles. The van der Waals surface area contributed by atoms with Crippen LogP contribution in [0.25, 0.3) is 16.6 Å². The van der Waals surface area contributed by atoms with Gasteiger partial charge in [0, 0.05) is 11.3 Å². The van der Waals surface area contributed by atoms with Crippen LogP contribution in [0.1, 0.15) is 5.56 Å². The summed E-state index contributed by atoms with van der Waals surface area (Å²) in [6.45, 7) is 1.81. The van der Waals surface area contributed by atoms with Crippen LogP contribution in [0.2, 0.25) is 0 Å². The zero-order valence-electron chi connectivity index (χ0n) is 13.3. The van der Waals surface area contributed by atoms with Gasteiger partial charge < -0.3 is 14.8 Å². The minimum atomic E-state index is -0.794. The molecule has 0 aliphatic heterocycles. The zero-order chi connectivity index (χ0) is 17.4. The Balaban J connectivity index is 1.74. The first-order chi connectivity index (χ1) is 12.2. The van der Waals surface area contributed by atoms with E-state index in [2.05, 4.69) is 35.5 Å². The first-order valence-corrected chi connectivity index (χ1v) is 7.32. The van der Waals surface area contributed by atoms with Crippen LogP contribution in [0, 0.1) is 6.92 Å². The molecule has 0 saturated carbocycles. The second-order valence-corrected chi connectivity index (χ2v) is 5.23. The molecule has 10 nitrogen and oxygen atoms in total. The summed E-state index contributed by atoms with van der Waals surface area (Å²) in [6.07, 6.45) is 2.21. The quantitative estimate of drug-likeness (QED) is 0.545. The Morgan fingerprint density at radius 1 is 1.28 bits per heavy atom. The van der Waals surface area contributed by atoms with E-state index >= 15 is 0 Å². The Hall–Kier alpha value is -3.69. The molecule has 4 aromatic rings. The second kappa shape index (κ2) is 5.74. The summed E-state index contributed by atoms with van der Waals surface area (Å²) in [4.78, 5) is 15.6. The van der Waals surface area contributed by atoms with Crippen LogP contribution >= 0.6 is 0 Å². The Kier molecular flexibility index (Phi) is 3.42. The fourth-order valence-corrected chi connectivity index (χ4v) is 2.52. The second-order valence-electron chi connectivity index (χ2n) is 5.23. The van der Waals surface area contributed by atoms with E-state index in [0.717, 1.165) is 16.7 Å². The van der Waals surface area contributed by atoms with Gasteiger partial charge in [-0.15, -0.1) is 0 Å². The Morgan fingerprint density at radius 3 is 2.96 bits per heavy atom. The molecule has 0 fully saturated rings. The number of carbonyl (C=O) groups is 1. The van der Waals surface area contributed by atoms with Crippen LogP contribution in [0.3, 0.4) is 0 Å². The third-order valence-electron chi connectivity index (χ3n) is 3.72. The molecule has 0 radical (unpaired) electrons. The van der Waals surface area contributed by atoms with E-state index in [-0.39, 0.29) is 0 Å². The van der Waals surface area contributed by atoms with Gasteiger partial charge in [0.1, 0.15) is 22.9 Å². The van der Waals surface area contributed by atoms with Crippen molar-refractivity contribution in [2.45, 2.75) is 6.92 Å². The van der Waals surface area contributed by atoms with Gasteiger partial charge in [-0.3, -0.25) is 0 Å². The van der Waals surface area contributed by atoms with Crippen LogP contribution in [0.15, 0.2) is 30.7 Å². The number of aryl methyl sites for hydroxylation is 1. The summed E-state index contributed by atoms with van der Waals surface area (Å²) in [5.74, 6) is 0.914. The van der Waals surface area contributed by atoms with E-state index in [0.29, 0.717) is 22.6 Å². The van der Waals surface area contributed by atoms with E-state index in [4.69, 9.17) is 4.74 Å².